The maximum Gasteiger partial charge on any atom is 0.419 e. The Bertz CT molecular complexity index is 397. The zero-order valence-corrected chi connectivity index (χ0v) is 9.93. The Morgan fingerprint density at radius 3 is 2.24 bits per heavy atom. The number of hydrogen-bond acceptors (Lipinski definition) is 2. The van der Waals surface area contributed by atoms with Crippen molar-refractivity contribution in [1.82, 2.24) is 0 Å². The van der Waals surface area contributed by atoms with Gasteiger partial charge in [0.05, 0.1) is 19.3 Å². The van der Waals surface area contributed by atoms with E-state index in [0.717, 1.165) is 6.07 Å². The Morgan fingerprint density at radius 1 is 1.24 bits per heavy atom. The minimum Gasteiger partial charge on any atom is -0.496 e. The van der Waals surface area contributed by atoms with Crippen molar-refractivity contribution in [3.05, 3.63) is 29.3 Å². The summed E-state index contributed by atoms with van der Waals surface area (Å²) in [5.74, 6) is -0.225. The lowest BCUT2D eigenvalue weighted by Crippen LogP contribution is -2.22. The van der Waals surface area contributed by atoms with Gasteiger partial charge in [-0.25, -0.2) is 0 Å². The number of aliphatic hydroxyl groups is 1. The quantitative estimate of drug-likeness (QED) is 0.891. The van der Waals surface area contributed by atoms with Crippen LogP contribution in [0.2, 0.25) is 0 Å². The van der Waals surface area contributed by atoms with Crippen molar-refractivity contribution >= 4 is 0 Å². The van der Waals surface area contributed by atoms with Gasteiger partial charge in [-0.05, 0) is 17.7 Å². The molecule has 1 N–H and O–H groups in total. The number of hydrogen-bond donors (Lipinski definition) is 1. The molecule has 0 aliphatic carbocycles. The first-order valence-electron chi connectivity index (χ1n) is 5.09. The number of methoxy groups -OCH3 is 1. The van der Waals surface area contributed by atoms with Gasteiger partial charge in [0.1, 0.15) is 5.75 Å². The van der Waals surface area contributed by atoms with E-state index in [1.165, 1.54) is 19.2 Å². The predicted molar refractivity (Wildman–Crippen MR) is 58.1 cm³/mol. The molecule has 0 atom stereocenters. The first-order valence-corrected chi connectivity index (χ1v) is 5.09. The number of benzene rings is 1. The number of alkyl halides is 3. The fourth-order valence-corrected chi connectivity index (χ4v) is 1.44. The summed E-state index contributed by atoms with van der Waals surface area (Å²) in [5.41, 5.74) is -0.806. The maximum absolute atomic E-state index is 12.6. The van der Waals surface area contributed by atoms with E-state index >= 15 is 0 Å². The first kappa shape index (κ1) is 13.8. The van der Waals surface area contributed by atoms with Crippen molar-refractivity contribution in [2.45, 2.75) is 25.4 Å². The van der Waals surface area contributed by atoms with E-state index in [1.54, 1.807) is 13.8 Å². The molecule has 1 aromatic carbocycles. The summed E-state index contributed by atoms with van der Waals surface area (Å²) >= 11 is 0. The van der Waals surface area contributed by atoms with Crippen LogP contribution in [0.3, 0.4) is 0 Å². The molecular weight excluding hydrogens is 233 g/mol. The smallest absolute Gasteiger partial charge is 0.419 e. The van der Waals surface area contributed by atoms with Crippen molar-refractivity contribution in [2.24, 2.45) is 0 Å². The van der Waals surface area contributed by atoms with Gasteiger partial charge in [0.25, 0.3) is 0 Å². The largest absolute Gasteiger partial charge is 0.496 e. The van der Waals surface area contributed by atoms with E-state index in [-0.39, 0.29) is 12.4 Å². The number of aliphatic hydroxyl groups excluding tert-OH is 1. The second-order valence-corrected chi connectivity index (χ2v) is 4.45. The SMILES string of the molecule is COc1cc(C(C)(C)CO)ccc1C(F)(F)F. The van der Waals surface area contributed by atoms with Gasteiger partial charge in [-0.1, -0.05) is 19.9 Å². The predicted octanol–water partition coefficient (Wildman–Crippen LogP) is 2.98. The standard InChI is InChI=1S/C12H15F3O2/c1-11(2,7-16)8-4-5-9(12(13,14)15)10(6-8)17-3/h4-6,16H,7H2,1-3H3. The Labute approximate surface area is 98.0 Å². The molecule has 2 nitrogen and oxygen atoms in total. The molecule has 0 aromatic heterocycles. The summed E-state index contributed by atoms with van der Waals surface area (Å²) in [4.78, 5) is 0. The Morgan fingerprint density at radius 2 is 1.82 bits per heavy atom. The third-order valence-electron chi connectivity index (χ3n) is 2.68. The molecule has 0 aliphatic rings. The Kier molecular flexibility index (Phi) is 3.71. The second-order valence-electron chi connectivity index (χ2n) is 4.45. The molecule has 0 heterocycles. The van der Waals surface area contributed by atoms with Gasteiger partial charge in [-0.15, -0.1) is 0 Å². The van der Waals surface area contributed by atoms with Gasteiger partial charge in [0.2, 0.25) is 0 Å². The van der Waals surface area contributed by atoms with Crippen LogP contribution in [0, 0.1) is 0 Å². The Hall–Kier alpha value is -1.23. The van der Waals surface area contributed by atoms with Crippen LogP contribution in [0.25, 0.3) is 0 Å². The highest BCUT2D eigenvalue weighted by atomic mass is 19.4. The third-order valence-corrected chi connectivity index (χ3v) is 2.68. The Balaban J connectivity index is 3.27. The molecule has 0 unspecified atom stereocenters. The average Bonchev–Trinajstić information content (AvgIpc) is 2.27. The first-order chi connectivity index (χ1) is 7.72. The summed E-state index contributed by atoms with van der Waals surface area (Å²) in [6.45, 7) is 3.34. The molecule has 0 aliphatic heterocycles. The molecule has 17 heavy (non-hydrogen) atoms. The summed E-state index contributed by atoms with van der Waals surface area (Å²) in [6, 6.07) is 3.66. The molecule has 5 heteroatoms. The molecule has 1 aromatic rings. The fourth-order valence-electron chi connectivity index (χ4n) is 1.44. The van der Waals surface area contributed by atoms with Crippen LogP contribution in [0.1, 0.15) is 25.0 Å². The van der Waals surface area contributed by atoms with Gasteiger partial charge in [-0.2, -0.15) is 13.2 Å². The van der Waals surface area contributed by atoms with Crippen molar-refractivity contribution in [2.75, 3.05) is 13.7 Å². The molecule has 0 radical (unpaired) electrons. The summed E-state index contributed by atoms with van der Waals surface area (Å²) < 4.78 is 42.6. The molecule has 0 spiro atoms. The van der Waals surface area contributed by atoms with Gasteiger partial charge in [-0.3, -0.25) is 0 Å². The van der Waals surface area contributed by atoms with E-state index in [2.05, 4.69) is 0 Å². The van der Waals surface area contributed by atoms with Gasteiger partial charge in [0, 0.05) is 5.41 Å². The van der Waals surface area contributed by atoms with Crippen LogP contribution in [0.15, 0.2) is 18.2 Å². The zero-order valence-electron chi connectivity index (χ0n) is 9.93. The van der Waals surface area contributed by atoms with Crippen LogP contribution < -0.4 is 4.74 Å². The number of ether oxygens (including phenoxy) is 1. The fraction of sp³-hybridized carbons (Fsp3) is 0.500. The lowest BCUT2D eigenvalue weighted by Gasteiger charge is -2.24. The van der Waals surface area contributed by atoms with Crippen molar-refractivity contribution < 1.29 is 23.0 Å². The van der Waals surface area contributed by atoms with Crippen molar-refractivity contribution in [1.29, 1.82) is 0 Å². The van der Waals surface area contributed by atoms with E-state index in [4.69, 9.17) is 4.74 Å². The molecule has 0 fully saturated rings. The molecule has 0 bridgehead atoms. The summed E-state index contributed by atoms with van der Waals surface area (Å²) in [5, 5.41) is 9.18. The number of rotatable bonds is 3. The van der Waals surface area contributed by atoms with Crippen molar-refractivity contribution in [3.8, 4) is 5.75 Å². The zero-order chi connectivity index (χ0) is 13.3. The van der Waals surface area contributed by atoms with Gasteiger partial charge in [0.15, 0.2) is 0 Å². The van der Waals surface area contributed by atoms with E-state index in [0.29, 0.717) is 5.56 Å². The molecule has 0 amide bonds. The molecule has 1 rings (SSSR count). The normalized spacial score (nSPS) is 12.6. The highest BCUT2D eigenvalue weighted by Crippen LogP contribution is 2.38. The maximum atomic E-state index is 12.6. The van der Waals surface area contributed by atoms with E-state index < -0.39 is 17.2 Å². The summed E-state index contributed by atoms with van der Waals surface area (Å²) in [6.07, 6.45) is -4.44. The van der Waals surface area contributed by atoms with Crippen LogP contribution in [0.5, 0.6) is 5.75 Å². The average molecular weight is 248 g/mol. The van der Waals surface area contributed by atoms with Crippen LogP contribution in [-0.2, 0) is 11.6 Å². The topological polar surface area (TPSA) is 29.5 Å². The highest BCUT2D eigenvalue weighted by Gasteiger charge is 2.35. The molecule has 0 saturated carbocycles. The van der Waals surface area contributed by atoms with Crippen molar-refractivity contribution in [3.63, 3.8) is 0 Å². The molecule has 0 saturated heterocycles. The lowest BCUT2D eigenvalue weighted by molar-refractivity contribution is -0.138. The van der Waals surface area contributed by atoms with Crippen LogP contribution in [-0.4, -0.2) is 18.8 Å². The van der Waals surface area contributed by atoms with Crippen LogP contribution in [0.4, 0.5) is 13.2 Å². The molecule has 96 valence electrons. The minimum absolute atomic E-state index is 0.151. The minimum atomic E-state index is -4.44. The second kappa shape index (κ2) is 4.56. The van der Waals surface area contributed by atoms with Gasteiger partial charge >= 0.3 is 6.18 Å². The lowest BCUT2D eigenvalue weighted by atomic mass is 9.85. The van der Waals surface area contributed by atoms with E-state index in [1.807, 2.05) is 0 Å². The summed E-state index contributed by atoms with van der Waals surface area (Å²) in [7, 11) is 1.19. The van der Waals surface area contributed by atoms with E-state index in [9.17, 15) is 18.3 Å². The third kappa shape index (κ3) is 2.91. The van der Waals surface area contributed by atoms with Gasteiger partial charge < -0.3 is 9.84 Å². The highest BCUT2D eigenvalue weighted by molar-refractivity contribution is 5.41. The molecular formula is C12H15F3O2. The monoisotopic (exact) mass is 248 g/mol. The number of halogens is 3. The van der Waals surface area contributed by atoms with Crippen LogP contribution >= 0.6 is 0 Å².